The van der Waals surface area contributed by atoms with Crippen LogP contribution in [0.1, 0.15) is 48.3 Å². The van der Waals surface area contributed by atoms with E-state index in [-0.39, 0.29) is 28.9 Å². The van der Waals surface area contributed by atoms with E-state index in [4.69, 9.17) is 4.52 Å². The van der Waals surface area contributed by atoms with Crippen LogP contribution in [0.3, 0.4) is 0 Å². The molecule has 1 fully saturated rings. The van der Waals surface area contributed by atoms with Crippen molar-refractivity contribution >= 4 is 5.91 Å². The monoisotopic (exact) mass is 554 g/mol. The average molecular weight is 555 g/mol. The zero-order valence-electron chi connectivity index (χ0n) is 24.1. The van der Waals surface area contributed by atoms with E-state index in [0.717, 1.165) is 49.4 Å². The van der Waals surface area contributed by atoms with Gasteiger partial charge in [-0.25, -0.2) is 0 Å². The van der Waals surface area contributed by atoms with Gasteiger partial charge < -0.3 is 25.0 Å². The third kappa shape index (κ3) is 6.14. The minimum absolute atomic E-state index is 0.0505. The molecule has 0 aliphatic carbocycles. The molecule has 1 aromatic heterocycles. The third-order valence-electron chi connectivity index (χ3n) is 7.71. The standard InChI is InChI=1S/C33H38N4O4/c1-5-34-33(40)31-30(23-11-9-22(10-12-23)20-37-15-13-36(4)14-16-37)32(41-35-31)27-18-26(28(38)19-29(27)39)25-8-6-7-24(17-25)21(2)3/h6-12,17-19,21,38-39H,5,13-16,20H2,1-4H3,(H,34,40). The van der Waals surface area contributed by atoms with E-state index in [0.29, 0.717) is 29.2 Å². The highest BCUT2D eigenvalue weighted by atomic mass is 16.5. The van der Waals surface area contributed by atoms with E-state index < -0.39 is 0 Å². The number of likely N-dealkylation sites (N-methyl/N-ethyl adjacent to an activating group) is 1. The molecule has 3 aromatic carbocycles. The van der Waals surface area contributed by atoms with Gasteiger partial charge in [-0.2, -0.15) is 0 Å². The minimum Gasteiger partial charge on any atom is -0.507 e. The van der Waals surface area contributed by atoms with Crippen LogP contribution in [-0.2, 0) is 6.54 Å². The van der Waals surface area contributed by atoms with Gasteiger partial charge in [-0.3, -0.25) is 9.69 Å². The Morgan fingerprint density at radius 2 is 1.66 bits per heavy atom. The second-order valence-electron chi connectivity index (χ2n) is 11.0. The van der Waals surface area contributed by atoms with Crippen molar-refractivity contribution in [2.45, 2.75) is 33.2 Å². The summed E-state index contributed by atoms with van der Waals surface area (Å²) in [7, 11) is 2.15. The molecule has 214 valence electrons. The van der Waals surface area contributed by atoms with Gasteiger partial charge >= 0.3 is 0 Å². The van der Waals surface area contributed by atoms with Crippen molar-refractivity contribution in [2.24, 2.45) is 0 Å². The van der Waals surface area contributed by atoms with E-state index in [2.05, 4.69) is 53.3 Å². The first-order chi connectivity index (χ1) is 19.7. The highest BCUT2D eigenvalue weighted by Crippen LogP contribution is 2.44. The number of piperazine rings is 1. The number of aromatic hydroxyl groups is 2. The van der Waals surface area contributed by atoms with Gasteiger partial charge in [0.15, 0.2) is 11.5 Å². The Balaban J connectivity index is 1.56. The maximum atomic E-state index is 13.0. The highest BCUT2D eigenvalue weighted by molar-refractivity contribution is 6.03. The molecule has 1 amide bonds. The molecule has 8 nitrogen and oxygen atoms in total. The Kier molecular flexibility index (Phi) is 8.42. The maximum absolute atomic E-state index is 13.0. The van der Waals surface area contributed by atoms with Crippen LogP contribution in [0, 0.1) is 0 Å². The fourth-order valence-electron chi connectivity index (χ4n) is 5.24. The van der Waals surface area contributed by atoms with E-state index in [9.17, 15) is 15.0 Å². The number of carbonyl (C=O) groups is 1. The number of hydrogen-bond donors (Lipinski definition) is 3. The molecule has 3 N–H and O–H groups in total. The molecule has 0 bridgehead atoms. The average Bonchev–Trinajstić information content (AvgIpc) is 3.40. The summed E-state index contributed by atoms with van der Waals surface area (Å²) in [5.74, 6) is -0.00406. The van der Waals surface area contributed by atoms with Gasteiger partial charge in [0, 0.05) is 50.9 Å². The van der Waals surface area contributed by atoms with E-state index >= 15 is 0 Å². The molecular formula is C33H38N4O4. The fourth-order valence-corrected chi connectivity index (χ4v) is 5.24. The molecule has 1 aliphatic rings. The van der Waals surface area contributed by atoms with Crippen molar-refractivity contribution < 1.29 is 19.5 Å². The van der Waals surface area contributed by atoms with Gasteiger partial charge in [-0.05, 0) is 48.2 Å². The lowest BCUT2D eigenvalue weighted by molar-refractivity contribution is 0.0947. The molecule has 2 heterocycles. The summed E-state index contributed by atoms with van der Waals surface area (Å²) in [6, 6.07) is 19.0. The minimum atomic E-state index is -0.359. The van der Waals surface area contributed by atoms with Crippen molar-refractivity contribution in [2.75, 3.05) is 39.8 Å². The molecule has 0 unspecified atom stereocenters. The Morgan fingerprint density at radius 3 is 2.34 bits per heavy atom. The number of aromatic nitrogens is 1. The summed E-state index contributed by atoms with van der Waals surface area (Å²) in [6.07, 6.45) is 0. The maximum Gasteiger partial charge on any atom is 0.274 e. The van der Waals surface area contributed by atoms with Crippen LogP contribution in [0.15, 0.2) is 65.2 Å². The van der Waals surface area contributed by atoms with Crippen LogP contribution >= 0.6 is 0 Å². The topological polar surface area (TPSA) is 102 Å². The molecule has 41 heavy (non-hydrogen) atoms. The number of phenolic OH excluding ortho intramolecular Hbond substituents is 2. The van der Waals surface area contributed by atoms with E-state index in [1.807, 2.05) is 43.3 Å². The fraction of sp³-hybridized carbons (Fsp3) is 0.333. The quantitative estimate of drug-likeness (QED) is 0.257. The van der Waals surface area contributed by atoms with Gasteiger partial charge in [-0.1, -0.05) is 67.5 Å². The van der Waals surface area contributed by atoms with E-state index in [1.165, 1.54) is 11.6 Å². The third-order valence-corrected chi connectivity index (χ3v) is 7.71. The lowest BCUT2D eigenvalue weighted by Crippen LogP contribution is -2.43. The Hall–Kier alpha value is -4.14. The highest BCUT2D eigenvalue weighted by Gasteiger charge is 2.27. The molecule has 0 atom stereocenters. The molecule has 1 saturated heterocycles. The summed E-state index contributed by atoms with van der Waals surface area (Å²) in [5, 5.41) is 28.7. The number of hydrogen-bond acceptors (Lipinski definition) is 7. The van der Waals surface area contributed by atoms with Gasteiger partial charge in [0.25, 0.3) is 5.91 Å². The molecular weight excluding hydrogens is 516 g/mol. The first-order valence-electron chi connectivity index (χ1n) is 14.2. The Labute approximate surface area is 241 Å². The number of phenols is 2. The normalized spacial score (nSPS) is 14.5. The van der Waals surface area contributed by atoms with Crippen LogP contribution in [0.25, 0.3) is 33.6 Å². The molecule has 8 heteroatoms. The summed E-state index contributed by atoms with van der Waals surface area (Å²) in [5.41, 5.74) is 5.39. The summed E-state index contributed by atoms with van der Waals surface area (Å²) in [4.78, 5) is 17.8. The number of benzene rings is 3. The lowest BCUT2D eigenvalue weighted by Gasteiger charge is -2.32. The Bertz CT molecular complexity index is 1520. The molecule has 0 saturated carbocycles. The van der Waals surface area contributed by atoms with E-state index in [1.54, 1.807) is 6.07 Å². The first-order valence-corrected chi connectivity index (χ1v) is 14.2. The number of nitrogens with zero attached hydrogens (tertiary/aromatic N) is 3. The van der Waals surface area contributed by atoms with Crippen LogP contribution in [0.5, 0.6) is 11.5 Å². The summed E-state index contributed by atoms with van der Waals surface area (Å²) >= 11 is 0. The van der Waals surface area contributed by atoms with Gasteiger partial charge in [0.05, 0.1) is 11.1 Å². The lowest BCUT2D eigenvalue weighted by atomic mass is 9.93. The largest absolute Gasteiger partial charge is 0.507 e. The zero-order chi connectivity index (χ0) is 29.1. The first kappa shape index (κ1) is 28.4. The molecule has 4 aromatic rings. The van der Waals surface area contributed by atoms with Crippen molar-refractivity contribution in [1.29, 1.82) is 0 Å². The van der Waals surface area contributed by atoms with Gasteiger partial charge in [-0.15, -0.1) is 0 Å². The van der Waals surface area contributed by atoms with Crippen molar-refractivity contribution in [1.82, 2.24) is 20.3 Å². The number of rotatable bonds is 8. The van der Waals surface area contributed by atoms with Crippen LogP contribution in [-0.4, -0.2) is 70.8 Å². The van der Waals surface area contributed by atoms with Crippen molar-refractivity contribution in [3.05, 3.63) is 77.5 Å². The predicted octanol–water partition coefficient (Wildman–Crippen LogP) is 5.71. The molecule has 1 aliphatic heterocycles. The predicted molar refractivity (Wildman–Crippen MR) is 161 cm³/mol. The van der Waals surface area contributed by atoms with Gasteiger partial charge in [0.2, 0.25) is 0 Å². The van der Waals surface area contributed by atoms with Crippen LogP contribution in [0.4, 0.5) is 0 Å². The SMILES string of the molecule is CCNC(=O)c1noc(-c2cc(-c3cccc(C(C)C)c3)c(O)cc2O)c1-c1ccc(CN2CCN(C)CC2)cc1. The number of amides is 1. The summed E-state index contributed by atoms with van der Waals surface area (Å²) in [6.45, 7) is 11.5. The molecule has 0 spiro atoms. The second kappa shape index (κ2) is 12.2. The molecule has 5 rings (SSSR count). The molecule has 0 radical (unpaired) electrons. The van der Waals surface area contributed by atoms with Crippen LogP contribution in [0.2, 0.25) is 0 Å². The van der Waals surface area contributed by atoms with Gasteiger partial charge in [0.1, 0.15) is 11.5 Å². The second-order valence-corrected chi connectivity index (χ2v) is 11.0. The van der Waals surface area contributed by atoms with Crippen molar-refractivity contribution in [3.63, 3.8) is 0 Å². The smallest absolute Gasteiger partial charge is 0.274 e. The Morgan fingerprint density at radius 1 is 0.951 bits per heavy atom. The number of carbonyl (C=O) groups excluding carboxylic acids is 1. The van der Waals surface area contributed by atoms with Crippen LogP contribution < -0.4 is 5.32 Å². The summed E-state index contributed by atoms with van der Waals surface area (Å²) < 4.78 is 5.77. The number of nitrogens with one attached hydrogen (secondary N) is 1. The van der Waals surface area contributed by atoms with Crippen molar-refractivity contribution in [3.8, 4) is 45.1 Å². The zero-order valence-corrected chi connectivity index (χ0v) is 24.1.